The van der Waals surface area contributed by atoms with Gasteiger partial charge in [0.05, 0.1) is 5.69 Å². The molecule has 0 saturated heterocycles. The van der Waals surface area contributed by atoms with Crippen LogP contribution >= 0.6 is 11.6 Å². The van der Waals surface area contributed by atoms with Gasteiger partial charge in [0.15, 0.2) is 0 Å². The highest BCUT2D eigenvalue weighted by Gasteiger charge is 2.09. The number of fused-ring (bicyclic) bond motifs is 1. The lowest BCUT2D eigenvalue weighted by Gasteiger charge is -2.12. The lowest BCUT2D eigenvalue weighted by Crippen LogP contribution is -2.31. The van der Waals surface area contributed by atoms with Crippen LogP contribution in [0.2, 0.25) is 5.02 Å². The molecule has 0 radical (unpaired) electrons. The summed E-state index contributed by atoms with van der Waals surface area (Å²) in [5.74, 6) is 0. The molecular weight excluding hydrogens is 338 g/mol. The lowest BCUT2D eigenvalue weighted by molar-refractivity contribution is 0.252. The topological polar surface area (TPSA) is 63.1 Å². The van der Waals surface area contributed by atoms with Crippen LogP contribution in [-0.4, -0.2) is 17.1 Å². The Kier molecular flexibility index (Phi) is 5.05. The van der Waals surface area contributed by atoms with Crippen molar-refractivity contribution in [2.75, 3.05) is 11.9 Å². The molecular formula is C19H18ClN3O2. The average molecular weight is 356 g/mol. The minimum absolute atomic E-state index is 0.0932. The van der Waals surface area contributed by atoms with Crippen LogP contribution in [0.4, 0.5) is 10.5 Å². The fourth-order valence-corrected chi connectivity index (χ4v) is 2.78. The maximum absolute atomic E-state index is 12.2. The van der Waals surface area contributed by atoms with Gasteiger partial charge in [-0.25, -0.2) is 4.79 Å². The molecule has 0 spiro atoms. The number of benzene rings is 2. The van der Waals surface area contributed by atoms with E-state index < -0.39 is 0 Å². The third-order valence-electron chi connectivity index (χ3n) is 3.95. The van der Waals surface area contributed by atoms with Gasteiger partial charge in [0.25, 0.3) is 5.56 Å². The molecule has 0 saturated carbocycles. The van der Waals surface area contributed by atoms with Crippen LogP contribution in [0.3, 0.4) is 0 Å². The van der Waals surface area contributed by atoms with E-state index in [0.29, 0.717) is 29.1 Å². The van der Waals surface area contributed by atoms with Crippen LogP contribution in [-0.2, 0) is 13.5 Å². The molecule has 3 rings (SSSR count). The molecule has 0 aliphatic carbocycles. The van der Waals surface area contributed by atoms with E-state index in [0.717, 1.165) is 10.9 Å². The zero-order valence-corrected chi connectivity index (χ0v) is 14.5. The number of carbonyl (C=O) groups is 1. The Labute approximate surface area is 150 Å². The molecule has 0 aliphatic heterocycles. The first-order valence-electron chi connectivity index (χ1n) is 7.92. The van der Waals surface area contributed by atoms with Gasteiger partial charge in [-0.2, -0.15) is 0 Å². The third kappa shape index (κ3) is 4.00. The summed E-state index contributed by atoms with van der Waals surface area (Å²) in [5, 5.41) is 7.62. The number of halogens is 1. The second-order valence-corrected chi connectivity index (χ2v) is 6.20. The first-order chi connectivity index (χ1) is 12.0. The van der Waals surface area contributed by atoms with Crippen LogP contribution in [0.25, 0.3) is 10.8 Å². The summed E-state index contributed by atoms with van der Waals surface area (Å²) in [7, 11) is 1.67. The maximum Gasteiger partial charge on any atom is 0.319 e. The second kappa shape index (κ2) is 7.40. The van der Waals surface area contributed by atoms with Crippen molar-refractivity contribution in [3.05, 3.63) is 75.7 Å². The Hall–Kier alpha value is -2.79. The van der Waals surface area contributed by atoms with Crippen molar-refractivity contribution >= 4 is 34.1 Å². The number of aromatic nitrogens is 1. The highest BCUT2D eigenvalue weighted by Crippen LogP contribution is 2.19. The summed E-state index contributed by atoms with van der Waals surface area (Å²) in [5.41, 5.74) is 1.60. The SMILES string of the molecule is Cn1cc(NC(=O)NCCc2ccc(Cl)cc2)c2ccccc2c1=O. The number of nitrogens with one attached hydrogen (secondary N) is 2. The number of rotatable bonds is 4. The van der Waals surface area contributed by atoms with E-state index in [1.54, 1.807) is 25.4 Å². The van der Waals surface area contributed by atoms with Gasteiger partial charge >= 0.3 is 6.03 Å². The van der Waals surface area contributed by atoms with Gasteiger partial charge < -0.3 is 15.2 Å². The standard InChI is InChI=1S/C19H18ClN3O2/c1-23-12-17(15-4-2-3-5-16(15)18(23)24)22-19(25)21-11-10-13-6-8-14(20)9-7-13/h2-9,12H,10-11H2,1H3,(H2,21,22,25). The number of nitrogens with zero attached hydrogens (tertiary/aromatic N) is 1. The van der Waals surface area contributed by atoms with E-state index in [1.165, 1.54) is 4.57 Å². The molecule has 0 bridgehead atoms. The lowest BCUT2D eigenvalue weighted by atomic mass is 10.1. The first kappa shape index (κ1) is 17.0. The minimum atomic E-state index is -0.308. The van der Waals surface area contributed by atoms with Crippen molar-refractivity contribution in [1.82, 2.24) is 9.88 Å². The molecule has 0 unspecified atom stereocenters. The molecule has 0 aliphatic rings. The van der Waals surface area contributed by atoms with E-state index in [1.807, 2.05) is 36.4 Å². The minimum Gasteiger partial charge on any atom is -0.338 e. The van der Waals surface area contributed by atoms with Gasteiger partial charge in [-0.05, 0) is 30.2 Å². The zero-order chi connectivity index (χ0) is 17.8. The van der Waals surface area contributed by atoms with E-state index in [4.69, 9.17) is 11.6 Å². The highest BCUT2D eigenvalue weighted by atomic mass is 35.5. The molecule has 2 aromatic carbocycles. The number of hydrogen-bond acceptors (Lipinski definition) is 2. The molecule has 3 aromatic rings. The Morgan fingerprint density at radius 3 is 2.48 bits per heavy atom. The van der Waals surface area contributed by atoms with Crippen molar-refractivity contribution in [2.45, 2.75) is 6.42 Å². The Morgan fingerprint density at radius 1 is 1.08 bits per heavy atom. The van der Waals surface area contributed by atoms with E-state index in [9.17, 15) is 9.59 Å². The van der Waals surface area contributed by atoms with Gasteiger partial charge in [-0.1, -0.05) is 41.9 Å². The van der Waals surface area contributed by atoms with Crippen molar-refractivity contribution in [2.24, 2.45) is 7.05 Å². The molecule has 0 fully saturated rings. The van der Waals surface area contributed by atoms with Gasteiger partial charge in [-0.15, -0.1) is 0 Å². The number of hydrogen-bond donors (Lipinski definition) is 2. The predicted molar refractivity (Wildman–Crippen MR) is 101 cm³/mol. The van der Waals surface area contributed by atoms with Crippen LogP contribution in [0.15, 0.2) is 59.5 Å². The summed E-state index contributed by atoms with van der Waals surface area (Å²) in [4.78, 5) is 24.3. The van der Waals surface area contributed by atoms with E-state index in [-0.39, 0.29) is 11.6 Å². The molecule has 1 heterocycles. The molecule has 128 valence electrons. The molecule has 0 atom stereocenters. The number of aryl methyl sites for hydroxylation is 1. The van der Waals surface area contributed by atoms with Crippen LogP contribution in [0.5, 0.6) is 0 Å². The first-order valence-corrected chi connectivity index (χ1v) is 8.30. The van der Waals surface area contributed by atoms with Crippen molar-refractivity contribution in [3.8, 4) is 0 Å². The molecule has 2 N–H and O–H groups in total. The van der Waals surface area contributed by atoms with Crippen molar-refractivity contribution < 1.29 is 4.79 Å². The van der Waals surface area contributed by atoms with Gasteiger partial charge in [0.2, 0.25) is 0 Å². The fraction of sp³-hybridized carbons (Fsp3) is 0.158. The quantitative estimate of drug-likeness (QED) is 0.751. The third-order valence-corrected chi connectivity index (χ3v) is 4.20. The van der Waals surface area contributed by atoms with Crippen LogP contribution in [0.1, 0.15) is 5.56 Å². The monoisotopic (exact) mass is 355 g/mol. The number of urea groups is 1. The molecule has 6 heteroatoms. The Bertz CT molecular complexity index is 965. The summed E-state index contributed by atoms with van der Waals surface area (Å²) in [6.45, 7) is 0.497. The smallest absolute Gasteiger partial charge is 0.319 e. The highest BCUT2D eigenvalue weighted by molar-refractivity contribution is 6.30. The molecule has 2 amide bonds. The molecule has 1 aromatic heterocycles. The number of carbonyl (C=O) groups excluding carboxylic acids is 1. The normalized spacial score (nSPS) is 10.6. The molecule has 5 nitrogen and oxygen atoms in total. The zero-order valence-electron chi connectivity index (χ0n) is 13.8. The van der Waals surface area contributed by atoms with Crippen molar-refractivity contribution in [1.29, 1.82) is 0 Å². The van der Waals surface area contributed by atoms with Crippen LogP contribution < -0.4 is 16.2 Å². The summed E-state index contributed by atoms with van der Waals surface area (Å²) < 4.78 is 1.46. The van der Waals surface area contributed by atoms with Crippen LogP contribution in [0, 0.1) is 0 Å². The van der Waals surface area contributed by atoms with E-state index in [2.05, 4.69) is 10.6 Å². The van der Waals surface area contributed by atoms with Gasteiger partial charge in [-0.3, -0.25) is 4.79 Å². The summed E-state index contributed by atoms with van der Waals surface area (Å²) in [6, 6.07) is 14.4. The summed E-state index contributed by atoms with van der Waals surface area (Å²) in [6.07, 6.45) is 2.34. The van der Waals surface area contributed by atoms with E-state index >= 15 is 0 Å². The molecule has 25 heavy (non-hydrogen) atoms. The fourth-order valence-electron chi connectivity index (χ4n) is 2.65. The largest absolute Gasteiger partial charge is 0.338 e. The maximum atomic E-state index is 12.2. The van der Waals surface area contributed by atoms with Gasteiger partial charge in [0.1, 0.15) is 0 Å². The second-order valence-electron chi connectivity index (χ2n) is 5.76. The van der Waals surface area contributed by atoms with Gasteiger partial charge in [0, 0.05) is 35.6 Å². The van der Waals surface area contributed by atoms with Crippen molar-refractivity contribution in [3.63, 3.8) is 0 Å². The average Bonchev–Trinajstić information content (AvgIpc) is 2.61. The summed E-state index contributed by atoms with van der Waals surface area (Å²) >= 11 is 5.85. The Balaban J connectivity index is 1.67. The number of pyridine rings is 1. The number of anilines is 1. The Morgan fingerprint density at radius 2 is 1.76 bits per heavy atom. The predicted octanol–water partition coefficient (Wildman–Crippen LogP) is 3.56. The number of amides is 2.